The van der Waals surface area contributed by atoms with Gasteiger partial charge in [0.05, 0.1) is 36.0 Å². The van der Waals surface area contributed by atoms with Gasteiger partial charge in [-0.2, -0.15) is 0 Å². The maximum absolute atomic E-state index is 15.9. The molecular weight excluding hydrogens is 1380 g/mol. The third kappa shape index (κ3) is 18.0. The molecule has 7 amide bonds. The molecule has 28 nitrogen and oxygen atoms in total. The minimum Gasteiger partial charge on any atom is -0.455 e. The number of ketones is 1. The molecule has 3 aliphatic carbocycles. The summed E-state index contributed by atoms with van der Waals surface area (Å²) in [5, 5.41) is 39.2. The number of hydrogen-bond acceptors (Lipinski definition) is 21. The van der Waals surface area contributed by atoms with Crippen LogP contribution in [0.1, 0.15) is 144 Å². The number of esters is 5. The number of Topliss-reactive ketones (excluding diaryl/α,β-unsaturated/α-hetero) is 1. The Morgan fingerprint density at radius 2 is 1.38 bits per heavy atom. The molecule has 0 spiro atoms. The summed E-state index contributed by atoms with van der Waals surface area (Å²) < 4.78 is 51.1. The molecule has 3 fully saturated rings. The van der Waals surface area contributed by atoms with Crippen molar-refractivity contribution >= 4 is 94.7 Å². The minimum atomic E-state index is -2.58. The van der Waals surface area contributed by atoms with Gasteiger partial charge in [-0.3, -0.25) is 52.7 Å². The maximum Gasteiger partial charge on any atom is 0.350 e. The topological polar surface area (TPSA) is 430 Å². The van der Waals surface area contributed by atoms with E-state index in [2.05, 4.69) is 26.6 Å². The van der Waals surface area contributed by atoms with Gasteiger partial charge in [0.2, 0.25) is 41.5 Å². The predicted octanol–water partition coefficient (Wildman–Crippen LogP) is 4.08. The number of hydrogen-bond donors (Lipinski definition) is 9. The summed E-state index contributed by atoms with van der Waals surface area (Å²) >= 11 is 5.77. The number of nitrogens with two attached hydrogens (primary N) is 2. The van der Waals surface area contributed by atoms with E-state index in [1.54, 1.807) is 54.6 Å². The maximum atomic E-state index is 15.9. The number of primary amides is 2. The zero-order valence-electron chi connectivity index (χ0n) is 58.2. The number of carbonyl (C=O) groups is 13. The number of ether oxygens (including phenoxy) is 6. The van der Waals surface area contributed by atoms with Crippen molar-refractivity contribution in [3.05, 3.63) is 160 Å². The molecule has 0 aromatic heterocycles. The molecule has 2 unspecified atom stereocenters. The van der Waals surface area contributed by atoms with Gasteiger partial charge in [-0.15, -0.1) is 0 Å². The van der Waals surface area contributed by atoms with Crippen molar-refractivity contribution in [3.63, 3.8) is 0 Å². The van der Waals surface area contributed by atoms with Gasteiger partial charge in [0, 0.05) is 73.7 Å². The fraction of sp³-hybridized carbons (Fsp3) is 0.446. The van der Waals surface area contributed by atoms with Crippen LogP contribution in [-0.2, 0) is 81.2 Å². The predicted molar refractivity (Wildman–Crippen MR) is 367 cm³/mol. The van der Waals surface area contributed by atoms with Crippen LogP contribution < -0.4 is 38.1 Å². The Bertz CT molecular complexity index is 4010. The van der Waals surface area contributed by atoms with E-state index in [0.717, 1.165) is 32.1 Å². The number of aliphatic hydroxyl groups is 2. The van der Waals surface area contributed by atoms with Crippen LogP contribution in [0, 0.1) is 22.6 Å². The van der Waals surface area contributed by atoms with Gasteiger partial charge in [0.15, 0.2) is 17.5 Å². The average Bonchev–Trinajstić information content (AvgIpc) is 0.669. The number of nitrogens with one attached hydrogen (secondary N) is 5. The van der Waals surface area contributed by atoms with Crippen molar-refractivity contribution in [1.29, 1.82) is 0 Å². The lowest BCUT2D eigenvalue weighted by atomic mass is 9.44. The van der Waals surface area contributed by atoms with E-state index in [4.69, 9.17) is 51.5 Å². The first kappa shape index (κ1) is 79.5. The lowest BCUT2D eigenvalue weighted by molar-refractivity contribution is -0.346. The van der Waals surface area contributed by atoms with Crippen molar-refractivity contribution in [3.8, 4) is 0 Å². The van der Waals surface area contributed by atoms with Gasteiger partial charge < -0.3 is 76.7 Å². The molecule has 1 aliphatic heterocycles. The number of fused-ring (bicyclic) bond motifs is 5. The van der Waals surface area contributed by atoms with Gasteiger partial charge in [-0.05, 0) is 106 Å². The average molecular weight is 1460 g/mol. The Balaban J connectivity index is 0.978. The largest absolute Gasteiger partial charge is 0.455 e. The number of aliphatic hydroxyl groups excluding tert-OH is 1. The molecule has 4 aromatic rings. The molecule has 8 rings (SSSR count). The van der Waals surface area contributed by atoms with Gasteiger partial charge in [0.25, 0.3) is 5.91 Å². The van der Waals surface area contributed by atoms with E-state index in [1.165, 1.54) is 83.1 Å². The van der Waals surface area contributed by atoms with Crippen LogP contribution >= 0.6 is 11.6 Å². The number of unbranched alkanes of at least 4 members (excludes halogenated alkanes) is 1. The molecule has 104 heavy (non-hydrogen) atoms. The first-order valence-corrected chi connectivity index (χ1v) is 34.1. The molecule has 1 heterocycles. The first-order chi connectivity index (χ1) is 49.1. The zero-order valence-corrected chi connectivity index (χ0v) is 59.0. The fourth-order valence-electron chi connectivity index (χ4n) is 14.0. The number of carbonyl (C=O) groups excluding carboxylic acids is 13. The van der Waals surface area contributed by atoms with Gasteiger partial charge in [0.1, 0.15) is 53.9 Å². The summed E-state index contributed by atoms with van der Waals surface area (Å²) in [6, 6.07) is 21.7. The quantitative estimate of drug-likeness (QED) is 0.0117. The van der Waals surface area contributed by atoms with E-state index in [1.807, 2.05) is 0 Å². The molecule has 0 radical (unpaired) electrons. The number of halogens is 2. The molecule has 2 saturated carbocycles. The molecule has 4 aromatic carbocycles. The molecule has 14 atom stereocenters. The third-order valence-corrected chi connectivity index (χ3v) is 19.9. The van der Waals surface area contributed by atoms with Crippen LogP contribution in [0.5, 0.6) is 0 Å². The molecule has 556 valence electrons. The summed E-state index contributed by atoms with van der Waals surface area (Å²) in [7, 11) is 0. The molecular formula is C74H85ClFN7O21. The molecule has 1 saturated heterocycles. The Morgan fingerprint density at radius 1 is 0.750 bits per heavy atom. The number of benzene rings is 4. The highest BCUT2D eigenvalue weighted by atomic mass is 35.5. The van der Waals surface area contributed by atoms with Crippen LogP contribution in [0.15, 0.2) is 126 Å². The molecule has 11 N–H and O–H groups in total. The van der Waals surface area contributed by atoms with E-state index < -0.39 is 204 Å². The summed E-state index contributed by atoms with van der Waals surface area (Å²) in [6.45, 7) is 8.79. The van der Waals surface area contributed by atoms with Crippen molar-refractivity contribution in [2.45, 2.75) is 178 Å². The Morgan fingerprint density at radius 3 is 1.97 bits per heavy atom. The normalized spacial score (nSPS) is 24.4. The van der Waals surface area contributed by atoms with E-state index in [-0.39, 0.29) is 77.1 Å². The fourth-order valence-corrected chi connectivity index (χ4v) is 14.2. The van der Waals surface area contributed by atoms with Crippen molar-refractivity contribution in [2.24, 2.45) is 28.2 Å². The summed E-state index contributed by atoms with van der Waals surface area (Å²) in [4.78, 5) is 178. The highest BCUT2D eigenvalue weighted by Crippen LogP contribution is 2.64. The number of amides is 7. The second-order valence-electron chi connectivity index (χ2n) is 26.9. The molecule has 4 aliphatic rings. The zero-order chi connectivity index (χ0) is 76.2. The highest BCUT2D eigenvalue weighted by molar-refractivity contribution is 6.30. The van der Waals surface area contributed by atoms with Crippen LogP contribution in [0.2, 0.25) is 5.02 Å². The van der Waals surface area contributed by atoms with Crippen LogP contribution in [0.3, 0.4) is 0 Å². The second-order valence-corrected chi connectivity index (χ2v) is 27.4. The Kier molecular flexibility index (Phi) is 25.9. The number of rotatable bonds is 30. The summed E-state index contributed by atoms with van der Waals surface area (Å²) in [5.41, 5.74) is 2.86. The Labute approximate surface area is 603 Å². The van der Waals surface area contributed by atoms with E-state index in [0.29, 0.717) is 0 Å². The SMILES string of the molecule is CC(=O)O[C@H]1C(=O)[C@@]2(C)[C@H]([C@H](OC(=O)c3ccccc3)[C@]3(O)C[C@H](OC(=O)[C@H](OC(=O)CCC(=O)NCCCCC(NC(=O)CC[C@H](NC(=O)C(C)NC(=O)/C=C/c4ccc(Cl)cc4F)C(N)=O)C(N)=O)[C@H](NC(=O)c4ccccc4)c4ccccc4)C(C)=C1C3(C)C)[C@]1(OC(C)=O)CO[C@@H]1C[C@@H]2O. The standard InChI is InChI=1S/C74H85ClFN7O21/c1-39-51(37-74(98)64(103-69(96)46-23-15-10-16-24-46)62-72(7,52(86)36-53-73(62,38-99-53)104-42(4)85)63(91)60(100-41(3)84)58(39)71(74,5)6)101-70(97)61(59(44-19-11-8-12-20-44)83-68(95)45-21-13-9-14-22-45)102-57(90)33-32-54(87)79-34-18-17-25-49(65(77)92)81-56(89)31-29-50(66(78)93)82-67(94)40(2)80-55(88)30-27-43-26-28-47(75)35-48(43)76/h8-16,19-24,26-28,30,35,40,49-53,59-62,64,86,98H,17-18,25,29,31-34,36-38H2,1-7H3,(H2,77,92)(H2,78,93)(H,79,87)(H,80,88)(H,81,89)(H,82,94)(H,83,95)/b30-27+/t40?,49?,50-,51-,52-,53+,59+,60+,61+,62-,64-,72+,73-,74+/m0/s1. The van der Waals surface area contributed by atoms with Gasteiger partial charge >= 0.3 is 29.8 Å². The van der Waals surface area contributed by atoms with Crippen LogP contribution in [0.25, 0.3) is 6.08 Å². The van der Waals surface area contributed by atoms with Gasteiger partial charge in [-0.1, -0.05) is 98.2 Å². The Hall–Kier alpha value is -10.2. The van der Waals surface area contributed by atoms with E-state index in [9.17, 15) is 67.3 Å². The monoisotopic (exact) mass is 1460 g/mol. The second kappa shape index (κ2) is 33.9. The lowest BCUT2D eigenvalue weighted by Crippen LogP contribution is -2.82. The minimum absolute atomic E-state index is 0.0173. The first-order valence-electron chi connectivity index (χ1n) is 33.7. The molecule has 2 bridgehead atoms. The van der Waals surface area contributed by atoms with Crippen LogP contribution in [0.4, 0.5) is 4.39 Å². The van der Waals surface area contributed by atoms with Gasteiger partial charge in [-0.25, -0.2) is 14.0 Å². The summed E-state index contributed by atoms with van der Waals surface area (Å²) in [6.07, 6.45) is -11.1. The lowest BCUT2D eigenvalue weighted by Gasteiger charge is -2.67. The van der Waals surface area contributed by atoms with E-state index >= 15 is 9.59 Å². The highest BCUT2D eigenvalue weighted by Gasteiger charge is 2.78. The molecule has 30 heteroatoms. The third-order valence-electron chi connectivity index (χ3n) is 19.6. The van der Waals surface area contributed by atoms with Crippen LogP contribution in [-0.4, -0.2) is 166 Å². The van der Waals surface area contributed by atoms with Crippen molar-refractivity contribution in [2.75, 3.05) is 13.2 Å². The smallest absolute Gasteiger partial charge is 0.350 e. The van der Waals surface area contributed by atoms with Crippen molar-refractivity contribution < 1.29 is 105 Å². The van der Waals surface area contributed by atoms with Crippen molar-refractivity contribution in [1.82, 2.24) is 26.6 Å². The summed E-state index contributed by atoms with van der Waals surface area (Å²) in [5.74, 6) is -14.4.